The monoisotopic (exact) mass is 219 g/mol. The summed E-state index contributed by atoms with van der Waals surface area (Å²) in [6.45, 7) is 1.86. The van der Waals surface area contributed by atoms with Crippen LogP contribution < -0.4 is 11.1 Å². The second-order valence-electron chi connectivity index (χ2n) is 4.14. The second kappa shape index (κ2) is 4.51. The molecular weight excluding hydrogens is 202 g/mol. The van der Waals surface area contributed by atoms with Crippen LogP contribution in [0.4, 0.5) is 5.82 Å². The van der Waals surface area contributed by atoms with E-state index in [1.165, 1.54) is 0 Å². The molecule has 1 aromatic rings. The summed E-state index contributed by atoms with van der Waals surface area (Å²) in [5, 5.41) is 3.02. The predicted octanol–water partition coefficient (Wildman–Crippen LogP) is 1.57. The molecule has 1 aromatic heterocycles. The first-order chi connectivity index (χ1) is 7.70. The molecule has 1 aliphatic rings. The number of nitrogen functional groups attached to an aromatic ring is 1. The van der Waals surface area contributed by atoms with E-state index >= 15 is 0 Å². The summed E-state index contributed by atoms with van der Waals surface area (Å²) in [7, 11) is 0. The van der Waals surface area contributed by atoms with Crippen molar-refractivity contribution >= 4 is 11.7 Å². The van der Waals surface area contributed by atoms with E-state index in [1.807, 2.05) is 13.0 Å². The Morgan fingerprint density at radius 3 is 3.19 bits per heavy atom. The fourth-order valence-corrected chi connectivity index (χ4v) is 2.12. The number of aromatic nitrogens is 1. The van der Waals surface area contributed by atoms with Gasteiger partial charge in [-0.05, 0) is 30.9 Å². The van der Waals surface area contributed by atoms with Crippen LogP contribution in [-0.4, -0.2) is 10.9 Å². The van der Waals surface area contributed by atoms with E-state index in [4.69, 9.17) is 5.73 Å². The topological polar surface area (TPSA) is 68.0 Å². The third-order valence-electron chi connectivity index (χ3n) is 2.97. The summed E-state index contributed by atoms with van der Waals surface area (Å²) in [5.74, 6) is 0.649. The lowest BCUT2D eigenvalue weighted by atomic mass is 9.91. The quantitative estimate of drug-likeness (QED) is 0.793. The highest BCUT2D eigenvalue weighted by molar-refractivity contribution is 5.76. The lowest BCUT2D eigenvalue weighted by Gasteiger charge is -2.25. The number of carbonyl (C=O) groups excluding carboxylic acids is 1. The Bertz CT molecular complexity index is 403. The molecule has 0 aromatic carbocycles. The van der Waals surface area contributed by atoms with Crippen molar-refractivity contribution in [3.8, 4) is 0 Å². The van der Waals surface area contributed by atoms with Crippen LogP contribution in [0.25, 0.3) is 0 Å². The smallest absolute Gasteiger partial charge is 0.220 e. The van der Waals surface area contributed by atoms with Crippen molar-refractivity contribution in [2.45, 2.75) is 38.6 Å². The average Bonchev–Trinajstić information content (AvgIpc) is 2.28. The first-order valence-electron chi connectivity index (χ1n) is 5.75. The summed E-state index contributed by atoms with van der Waals surface area (Å²) in [4.78, 5) is 15.7. The molecular formula is C12H17N3O. The van der Waals surface area contributed by atoms with E-state index in [0.717, 1.165) is 30.5 Å². The minimum atomic E-state index is 0.0923. The molecule has 0 spiro atoms. The van der Waals surface area contributed by atoms with Crippen molar-refractivity contribution in [1.29, 1.82) is 0 Å². The van der Waals surface area contributed by atoms with E-state index in [2.05, 4.69) is 10.3 Å². The zero-order valence-corrected chi connectivity index (χ0v) is 9.49. The Hall–Kier alpha value is -1.58. The molecule has 1 heterocycles. The number of carbonyl (C=O) groups is 1. The van der Waals surface area contributed by atoms with Gasteiger partial charge in [-0.25, -0.2) is 4.98 Å². The van der Waals surface area contributed by atoms with Crippen molar-refractivity contribution < 1.29 is 4.79 Å². The number of hydrogen-bond acceptors (Lipinski definition) is 3. The fraction of sp³-hybridized carbons (Fsp3) is 0.500. The predicted molar refractivity (Wildman–Crippen MR) is 62.8 cm³/mol. The van der Waals surface area contributed by atoms with E-state index in [-0.39, 0.29) is 11.9 Å². The molecule has 4 heteroatoms. The third kappa shape index (κ3) is 2.15. The van der Waals surface area contributed by atoms with Gasteiger partial charge >= 0.3 is 0 Å². The van der Waals surface area contributed by atoms with E-state index < -0.39 is 0 Å². The highest BCUT2D eigenvalue weighted by Crippen LogP contribution is 2.29. The molecule has 4 nitrogen and oxygen atoms in total. The van der Waals surface area contributed by atoms with Crippen molar-refractivity contribution in [1.82, 2.24) is 10.3 Å². The number of hydrogen-bond donors (Lipinski definition) is 2. The highest BCUT2D eigenvalue weighted by atomic mass is 16.1. The van der Waals surface area contributed by atoms with Gasteiger partial charge in [-0.1, -0.05) is 13.0 Å². The Balaban J connectivity index is 2.23. The molecule has 1 unspecified atom stereocenters. The first kappa shape index (κ1) is 10.9. The number of nitrogens with two attached hydrogens (primary N) is 1. The first-order valence-corrected chi connectivity index (χ1v) is 5.75. The van der Waals surface area contributed by atoms with Crippen LogP contribution in [0.5, 0.6) is 0 Å². The van der Waals surface area contributed by atoms with Crippen molar-refractivity contribution in [2.75, 3.05) is 5.73 Å². The Morgan fingerprint density at radius 2 is 2.44 bits per heavy atom. The van der Waals surface area contributed by atoms with Gasteiger partial charge in [-0.3, -0.25) is 4.79 Å². The van der Waals surface area contributed by atoms with Crippen LogP contribution in [0.3, 0.4) is 0 Å². The molecule has 0 saturated carbocycles. The van der Waals surface area contributed by atoms with Gasteiger partial charge in [0.15, 0.2) is 0 Å². The molecule has 0 saturated heterocycles. The maximum Gasteiger partial charge on any atom is 0.220 e. The number of anilines is 1. The van der Waals surface area contributed by atoms with Crippen molar-refractivity contribution in [3.05, 3.63) is 23.4 Å². The lowest BCUT2D eigenvalue weighted by Crippen LogP contribution is -2.30. The van der Waals surface area contributed by atoms with Crippen LogP contribution in [0, 0.1) is 0 Å². The van der Waals surface area contributed by atoms with Gasteiger partial charge in [-0.2, -0.15) is 0 Å². The van der Waals surface area contributed by atoms with Crippen LogP contribution in [-0.2, 0) is 11.2 Å². The number of nitrogens with one attached hydrogen (secondary N) is 1. The number of amides is 1. The number of aryl methyl sites for hydroxylation is 1. The summed E-state index contributed by atoms with van der Waals surface area (Å²) in [5.41, 5.74) is 7.82. The van der Waals surface area contributed by atoms with Gasteiger partial charge in [0.1, 0.15) is 5.82 Å². The minimum Gasteiger partial charge on any atom is -0.384 e. The lowest BCUT2D eigenvalue weighted by molar-refractivity contribution is -0.121. The van der Waals surface area contributed by atoms with Crippen LogP contribution in [0.2, 0.25) is 0 Å². The number of rotatable bonds is 2. The number of nitrogens with zero attached hydrogens (tertiary/aromatic N) is 1. The molecule has 0 fully saturated rings. The van der Waals surface area contributed by atoms with Gasteiger partial charge < -0.3 is 11.1 Å². The van der Waals surface area contributed by atoms with Crippen molar-refractivity contribution in [3.63, 3.8) is 0 Å². The van der Waals surface area contributed by atoms with Crippen molar-refractivity contribution in [2.24, 2.45) is 0 Å². The molecule has 1 aliphatic carbocycles. The van der Waals surface area contributed by atoms with E-state index in [0.29, 0.717) is 12.2 Å². The fourth-order valence-electron chi connectivity index (χ4n) is 2.12. The molecule has 3 N–H and O–H groups in total. The van der Waals surface area contributed by atoms with Gasteiger partial charge in [-0.15, -0.1) is 0 Å². The number of fused-ring (bicyclic) bond motifs is 1. The largest absolute Gasteiger partial charge is 0.384 e. The molecule has 1 amide bonds. The van der Waals surface area contributed by atoms with Gasteiger partial charge in [0.2, 0.25) is 5.91 Å². The molecule has 0 radical (unpaired) electrons. The Kier molecular flexibility index (Phi) is 3.08. The zero-order valence-electron chi connectivity index (χ0n) is 9.49. The maximum atomic E-state index is 11.4. The maximum absolute atomic E-state index is 11.4. The van der Waals surface area contributed by atoms with Gasteiger partial charge in [0.05, 0.1) is 6.04 Å². The van der Waals surface area contributed by atoms with Gasteiger partial charge in [0.25, 0.3) is 0 Å². The summed E-state index contributed by atoms with van der Waals surface area (Å²) >= 11 is 0. The highest BCUT2D eigenvalue weighted by Gasteiger charge is 2.22. The summed E-state index contributed by atoms with van der Waals surface area (Å²) < 4.78 is 0. The van der Waals surface area contributed by atoms with Gasteiger partial charge in [0, 0.05) is 12.1 Å². The summed E-state index contributed by atoms with van der Waals surface area (Å²) in [6.07, 6.45) is 3.52. The molecule has 1 atom stereocenters. The Labute approximate surface area is 95.3 Å². The summed E-state index contributed by atoms with van der Waals surface area (Å²) in [6, 6.07) is 3.90. The SMILES string of the molecule is CCC(=O)NC1CCCc2nc(N)ccc21. The zero-order chi connectivity index (χ0) is 11.5. The van der Waals surface area contributed by atoms with Crippen LogP contribution in [0.1, 0.15) is 43.5 Å². The molecule has 16 heavy (non-hydrogen) atoms. The average molecular weight is 219 g/mol. The molecule has 86 valence electrons. The van der Waals surface area contributed by atoms with E-state index in [1.54, 1.807) is 6.07 Å². The van der Waals surface area contributed by atoms with E-state index in [9.17, 15) is 4.79 Å². The second-order valence-corrected chi connectivity index (χ2v) is 4.14. The van der Waals surface area contributed by atoms with Crippen LogP contribution >= 0.6 is 0 Å². The molecule has 0 bridgehead atoms. The Morgan fingerprint density at radius 1 is 1.62 bits per heavy atom. The number of pyridine rings is 1. The van der Waals surface area contributed by atoms with Crippen LogP contribution in [0.15, 0.2) is 12.1 Å². The molecule has 2 rings (SSSR count). The minimum absolute atomic E-state index is 0.0923. The third-order valence-corrected chi connectivity index (χ3v) is 2.97. The normalized spacial score (nSPS) is 18.9. The molecule has 0 aliphatic heterocycles. The standard InChI is InChI=1S/C12H17N3O/c1-2-12(16)15-10-5-3-4-9-8(10)6-7-11(13)14-9/h6-7,10H,2-5H2,1H3,(H2,13,14)(H,15,16).